The van der Waals surface area contributed by atoms with Crippen molar-refractivity contribution in [3.63, 3.8) is 0 Å². The lowest BCUT2D eigenvalue weighted by molar-refractivity contribution is -0.142. The molecule has 0 spiro atoms. The van der Waals surface area contributed by atoms with E-state index in [4.69, 9.17) is 0 Å². The number of benzene rings is 1. The highest BCUT2D eigenvalue weighted by Crippen LogP contribution is 2.32. The molecule has 25 heavy (non-hydrogen) atoms. The molecule has 134 valence electrons. The molecule has 2 aromatic rings. The average Bonchev–Trinajstić information content (AvgIpc) is 3.14. The summed E-state index contributed by atoms with van der Waals surface area (Å²) in [5.41, 5.74) is 0.763. The molecule has 0 bridgehead atoms. The predicted octanol–water partition coefficient (Wildman–Crippen LogP) is 3.98. The number of hydrogen-bond acceptors (Lipinski definition) is 4. The molecule has 0 aliphatic carbocycles. The van der Waals surface area contributed by atoms with E-state index in [1.54, 1.807) is 0 Å². The van der Waals surface area contributed by atoms with Crippen molar-refractivity contribution < 1.29 is 23.1 Å². The number of carboxylic acids is 1. The van der Waals surface area contributed by atoms with E-state index in [9.17, 15) is 23.1 Å². The third-order valence-corrected chi connectivity index (χ3v) is 5.34. The fraction of sp³-hybridized carbons (Fsp3) is 0.412. The van der Waals surface area contributed by atoms with Gasteiger partial charge in [-0.05, 0) is 18.1 Å². The molecule has 1 aliphatic heterocycles. The van der Waals surface area contributed by atoms with Gasteiger partial charge in [0.1, 0.15) is 5.01 Å². The minimum absolute atomic E-state index is 0.0884. The first-order valence-electron chi connectivity index (χ1n) is 7.81. The molecule has 0 saturated carbocycles. The van der Waals surface area contributed by atoms with Crippen LogP contribution in [-0.4, -0.2) is 34.0 Å². The number of aromatic nitrogens is 1. The molecule has 3 rings (SSSR count). The zero-order chi connectivity index (χ0) is 18.2. The van der Waals surface area contributed by atoms with Crippen molar-refractivity contribution in [1.29, 1.82) is 0 Å². The topological polar surface area (TPSA) is 53.4 Å². The second-order valence-electron chi connectivity index (χ2n) is 6.34. The predicted molar refractivity (Wildman–Crippen MR) is 88.1 cm³/mol. The highest BCUT2D eigenvalue weighted by atomic mass is 32.1. The fourth-order valence-electron chi connectivity index (χ4n) is 3.06. The largest absolute Gasteiger partial charge is 0.481 e. The quantitative estimate of drug-likeness (QED) is 0.885. The van der Waals surface area contributed by atoms with Gasteiger partial charge in [-0.2, -0.15) is 13.2 Å². The molecule has 1 aliphatic rings. The lowest BCUT2D eigenvalue weighted by atomic mass is 9.99. The fourth-order valence-corrected chi connectivity index (χ4v) is 3.88. The smallest absolute Gasteiger partial charge is 0.416 e. The maximum absolute atomic E-state index is 12.6. The first-order valence-corrected chi connectivity index (χ1v) is 8.69. The summed E-state index contributed by atoms with van der Waals surface area (Å²) in [6, 6.07) is 4.94. The van der Waals surface area contributed by atoms with Crippen LogP contribution in [0.4, 0.5) is 13.2 Å². The van der Waals surface area contributed by atoms with Gasteiger partial charge in [0.05, 0.1) is 17.2 Å². The average molecular weight is 370 g/mol. The van der Waals surface area contributed by atoms with E-state index >= 15 is 0 Å². The van der Waals surface area contributed by atoms with Crippen molar-refractivity contribution in [1.82, 2.24) is 9.88 Å². The Labute approximate surface area is 146 Å². The van der Waals surface area contributed by atoms with Gasteiger partial charge in [-0.3, -0.25) is 9.69 Å². The van der Waals surface area contributed by atoms with Gasteiger partial charge in [-0.15, -0.1) is 11.3 Å². The molecule has 1 N–H and O–H groups in total. The Balaban J connectivity index is 1.68. The van der Waals surface area contributed by atoms with Gasteiger partial charge in [-0.1, -0.05) is 19.1 Å². The summed E-state index contributed by atoms with van der Waals surface area (Å²) >= 11 is 1.37. The summed E-state index contributed by atoms with van der Waals surface area (Å²) < 4.78 is 37.8. The molecule has 0 amide bonds. The van der Waals surface area contributed by atoms with E-state index in [1.165, 1.54) is 23.5 Å². The maximum Gasteiger partial charge on any atom is 0.416 e. The molecule has 0 radical (unpaired) electrons. The lowest BCUT2D eigenvalue weighted by Gasteiger charge is -2.13. The Bertz CT molecular complexity index is 758. The van der Waals surface area contributed by atoms with Crippen LogP contribution in [0.3, 0.4) is 0 Å². The SMILES string of the molecule is C[C@@H]1CN(Cc2csc(-c3ccc(C(F)(F)F)cc3)n2)C[C@H]1C(=O)O. The molecule has 8 heteroatoms. The van der Waals surface area contributed by atoms with Crippen molar-refractivity contribution in [2.45, 2.75) is 19.6 Å². The Hall–Kier alpha value is -1.93. The molecule has 1 aromatic heterocycles. The van der Waals surface area contributed by atoms with Crippen LogP contribution in [0.25, 0.3) is 10.6 Å². The summed E-state index contributed by atoms with van der Waals surface area (Å²) in [5, 5.41) is 11.7. The normalized spacial score (nSPS) is 21.6. The van der Waals surface area contributed by atoms with Crippen LogP contribution in [0.1, 0.15) is 18.2 Å². The van der Waals surface area contributed by atoms with E-state index in [1.807, 2.05) is 12.3 Å². The van der Waals surface area contributed by atoms with Gasteiger partial charge >= 0.3 is 12.1 Å². The van der Waals surface area contributed by atoms with Crippen LogP contribution >= 0.6 is 11.3 Å². The summed E-state index contributed by atoms with van der Waals surface area (Å²) in [7, 11) is 0. The molecular formula is C17H17F3N2O2S. The number of thiazole rings is 1. The molecule has 1 aromatic carbocycles. The number of carboxylic acid groups (broad SMARTS) is 1. The minimum Gasteiger partial charge on any atom is -0.481 e. The van der Waals surface area contributed by atoms with Crippen LogP contribution in [0.15, 0.2) is 29.6 Å². The number of halogens is 3. The Morgan fingerprint density at radius 1 is 1.32 bits per heavy atom. The van der Waals surface area contributed by atoms with Crippen LogP contribution < -0.4 is 0 Å². The highest BCUT2D eigenvalue weighted by Gasteiger charge is 2.34. The van der Waals surface area contributed by atoms with Gasteiger partial charge in [0.25, 0.3) is 0 Å². The van der Waals surface area contributed by atoms with E-state index in [0.717, 1.165) is 17.8 Å². The van der Waals surface area contributed by atoms with Gasteiger partial charge in [-0.25, -0.2) is 4.98 Å². The van der Waals surface area contributed by atoms with E-state index in [0.29, 0.717) is 30.2 Å². The summed E-state index contributed by atoms with van der Waals surface area (Å²) in [6.07, 6.45) is -4.35. The van der Waals surface area contributed by atoms with Crippen molar-refractivity contribution in [3.05, 3.63) is 40.9 Å². The number of likely N-dealkylation sites (tertiary alicyclic amines) is 1. The van der Waals surface area contributed by atoms with Gasteiger partial charge in [0.15, 0.2) is 0 Å². The summed E-state index contributed by atoms with van der Waals surface area (Å²) in [6.45, 7) is 3.66. The molecule has 4 nitrogen and oxygen atoms in total. The zero-order valence-corrected chi connectivity index (χ0v) is 14.3. The summed E-state index contributed by atoms with van der Waals surface area (Å²) in [4.78, 5) is 17.7. The summed E-state index contributed by atoms with van der Waals surface area (Å²) in [5.74, 6) is -1.06. The van der Waals surface area contributed by atoms with Crippen molar-refractivity contribution in [2.75, 3.05) is 13.1 Å². The van der Waals surface area contributed by atoms with Gasteiger partial charge < -0.3 is 5.11 Å². The third kappa shape index (κ3) is 4.01. The van der Waals surface area contributed by atoms with Gasteiger partial charge in [0, 0.05) is 30.6 Å². The van der Waals surface area contributed by atoms with Crippen molar-refractivity contribution in [3.8, 4) is 10.6 Å². The second kappa shape index (κ2) is 6.76. The van der Waals surface area contributed by atoms with Crippen LogP contribution in [0, 0.1) is 11.8 Å². The standard InChI is InChI=1S/C17H17F3N2O2S/c1-10-6-22(8-14(10)16(23)24)7-13-9-25-15(21-13)11-2-4-12(5-3-11)17(18,19)20/h2-5,9-10,14H,6-8H2,1H3,(H,23,24)/t10-,14-/m1/s1. The Morgan fingerprint density at radius 3 is 2.56 bits per heavy atom. The molecule has 1 fully saturated rings. The first kappa shape index (κ1) is 17.9. The number of alkyl halides is 3. The van der Waals surface area contributed by atoms with Gasteiger partial charge in [0.2, 0.25) is 0 Å². The van der Waals surface area contributed by atoms with Crippen LogP contribution in [-0.2, 0) is 17.5 Å². The Morgan fingerprint density at radius 2 is 2.00 bits per heavy atom. The van der Waals surface area contributed by atoms with Crippen LogP contribution in [0.2, 0.25) is 0 Å². The maximum atomic E-state index is 12.6. The van der Waals surface area contributed by atoms with E-state index < -0.39 is 17.7 Å². The number of aliphatic carboxylic acids is 1. The van der Waals surface area contributed by atoms with E-state index in [2.05, 4.69) is 9.88 Å². The van der Waals surface area contributed by atoms with Crippen molar-refractivity contribution >= 4 is 17.3 Å². The van der Waals surface area contributed by atoms with Crippen LogP contribution in [0.5, 0.6) is 0 Å². The molecule has 1 saturated heterocycles. The monoisotopic (exact) mass is 370 g/mol. The lowest BCUT2D eigenvalue weighted by Crippen LogP contribution is -2.23. The molecule has 2 heterocycles. The zero-order valence-electron chi connectivity index (χ0n) is 13.5. The number of hydrogen-bond donors (Lipinski definition) is 1. The van der Waals surface area contributed by atoms with E-state index in [-0.39, 0.29) is 11.8 Å². The number of rotatable bonds is 4. The molecule has 0 unspecified atom stereocenters. The molecular weight excluding hydrogens is 353 g/mol. The second-order valence-corrected chi connectivity index (χ2v) is 7.19. The first-order chi connectivity index (χ1) is 11.7. The number of nitrogens with zero attached hydrogens (tertiary/aromatic N) is 2. The highest BCUT2D eigenvalue weighted by molar-refractivity contribution is 7.13. The Kier molecular flexibility index (Phi) is 4.83. The third-order valence-electron chi connectivity index (χ3n) is 4.40. The molecule has 2 atom stereocenters. The number of carbonyl (C=O) groups is 1. The minimum atomic E-state index is -4.35. The van der Waals surface area contributed by atoms with Crippen molar-refractivity contribution in [2.24, 2.45) is 11.8 Å².